The first-order chi connectivity index (χ1) is 12.8. The van der Waals surface area contributed by atoms with Crippen molar-refractivity contribution in [3.63, 3.8) is 0 Å². The molecular weight excluding hydrogens is 364 g/mol. The summed E-state index contributed by atoms with van der Waals surface area (Å²) in [6.07, 6.45) is 2.99. The number of carbonyl (C=O) groups is 1. The highest BCUT2D eigenvalue weighted by Gasteiger charge is 2.35. The Morgan fingerprint density at radius 3 is 2.78 bits per heavy atom. The first-order valence-corrected chi connectivity index (χ1v) is 9.25. The summed E-state index contributed by atoms with van der Waals surface area (Å²) in [4.78, 5) is 21.4. The first kappa shape index (κ1) is 19.2. The standard InChI is InChI=1S/C20H23ClN4O2/c1-4-20(7-8-27-19(22)25-20)16-10-15(6-5-12(16)2)24-18(26)17-13(3)9-14(21)11-23-17/h5-6,9-11H,4,7-8H2,1-3H3,(H2,22,25)(H,24,26). The second-order valence-corrected chi connectivity index (χ2v) is 7.17. The van der Waals surface area contributed by atoms with Crippen molar-refractivity contribution in [2.75, 3.05) is 11.9 Å². The maximum Gasteiger partial charge on any atom is 0.282 e. The highest BCUT2D eigenvalue weighted by atomic mass is 35.5. The van der Waals surface area contributed by atoms with E-state index in [2.05, 4.69) is 22.2 Å². The van der Waals surface area contributed by atoms with Crippen LogP contribution >= 0.6 is 11.6 Å². The molecule has 2 heterocycles. The number of benzene rings is 1. The van der Waals surface area contributed by atoms with Gasteiger partial charge >= 0.3 is 0 Å². The SMILES string of the molecule is CCC1(c2cc(NC(=O)c3ncc(Cl)cc3C)ccc2C)CCOC(N)=N1. The molecule has 1 unspecified atom stereocenters. The molecule has 0 saturated heterocycles. The van der Waals surface area contributed by atoms with E-state index in [0.717, 1.165) is 29.5 Å². The Morgan fingerprint density at radius 1 is 1.33 bits per heavy atom. The normalized spacial score (nSPS) is 19.2. The largest absolute Gasteiger partial charge is 0.465 e. The van der Waals surface area contributed by atoms with Gasteiger partial charge in [-0.3, -0.25) is 4.79 Å². The molecule has 27 heavy (non-hydrogen) atoms. The van der Waals surface area contributed by atoms with Crippen LogP contribution in [0.5, 0.6) is 0 Å². The van der Waals surface area contributed by atoms with Crippen LogP contribution in [0.3, 0.4) is 0 Å². The van der Waals surface area contributed by atoms with E-state index in [-0.39, 0.29) is 11.9 Å². The van der Waals surface area contributed by atoms with Crippen molar-refractivity contribution in [3.05, 3.63) is 57.9 Å². The van der Waals surface area contributed by atoms with Crippen molar-refractivity contribution in [1.82, 2.24) is 4.98 Å². The number of aliphatic imine (C=N–C) groups is 1. The summed E-state index contributed by atoms with van der Waals surface area (Å²) in [6, 6.07) is 7.74. The van der Waals surface area contributed by atoms with Crippen molar-refractivity contribution < 1.29 is 9.53 Å². The Labute approximate surface area is 163 Å². The Balaban J connectivity index is 1.93. The van der Waals surface area contributed by atoms with Crippen molar-refractivity contribution in [3.8, 4) is 0 Å². The van der Waals surface area contributed by atoms with Gasteiger partial charge in [-0.15, -0.1) is 0 Å². The molecule has 0 aliphatic carbocycles. The lowest BCUT2D eigenvalue weighted by molar-refractivity contribution is 0.102. The van der Waals surface area contributed by atoms with E-state index in [1.165, 1.54) is 6.20 Å². The Bertz CT molecular complexity index is 913. The monoisotopic (exact) mass is 386 g/mol. The highest BCUT2D eigenvalue weighted by Crippen LogP contribution is 2.38. The fourth-order valence-electron chi connectivity index (χ4n) is 3.43. The second kappa shape index (κ2) is 7.56. The molecule has 1 aromatic carbocycles. The lowest BCUT2D eigenvalue weighted by Gasteiger charge is -2.34. The van der Waals surface area contributed by atoms with Gasteiger partial charge in [0, 0.05) is 18.3 Å². The average molecular weight is 387 g/mol. The fraction of sp³-hybridized carbons (Fsp3) is 0.350. The number of nitrogens with one attached hydrogen (secondary N) is 1. The maximum absolute atomic E-state index is 12.6. The molecular formula is C20H23ClN4O2. The number of halogens is 1. The Kier molecular flexibility index (Phi) is 5.37. The van der Waals surface area contributed by atoms with E-state index in [9.17, 15) is 4.79 Å². The van der Waals surface area contributed by atoms with Gasteiger partial charge in [0.05, 0.1) is 17.2 Å². The number of hydrogen-bond donors (Lipinski definition) is 2. The molecule has 3 rings (SSSR count). The topological polar surface area (TPSA) is 89.6 Å². The molecule has 1 aromatic heterocycles. The van der Waals surface area contributed by atoms with Crippen LogP contribution in [0.25, 0.3) is 0 Å². The van der Waals surface area contributed by atoms with E-state index in [0.29, 0.717) is 23.0 Å². The number of aryl methyl sites for hydroxylation is 2. The van der Waals surface area contributed by atoms with Crippen molar-refractivity contribution in [2.45, 2.75) is 39.2 Å². The van der Waals surface area contributed by atoms with Crippen molar-refractivity contribution in [1.29, 1.82) is 0 Å². The van der Waals surface area contributed by atoms with E-state index in [1.807, 2.05) is 25.1 Å². The molecule has 7 heteroatoms. The number of anilines is 1. The van der Waals surface area contributed by atoms with Crippen LogP contribution < -0.4 is 11.1 Å². The third kappa shape index (κ3) is 3.90. The molecule has 6 nitrogen and oxygen atoms in total. The van der Waals surface area contributed by atoms with Crippen LogP contribution in [-0.2, 0) is 10.3 Å². The number of hydrogen-bond acceptors (Lipinski definition) is 5. The molecule has 0 spiro atoms. The summed E-state index contributed by atoms with van der Waals surface area (Å²) in [6.45, 7) is 6.44. The third-order valence-electron chi connectivity index (χ3n) is 4.93. The van der Waals surface area contributed by atoms with Gasteiger partial charge in [-0.1, -0.05) is 24.6 Å². The number of carbonyl (C=O) groups excluding carboxylic acids is 1. The fourth-order valence-corrected chi connectivity index (χ4v) is 3.65. The summed E-state index contributed by atoms with van der Waals surface area (Å²) in [5.41, 5.74) is 9.28. The van der Waals surface area contributed by atoms with Gasteiger partial charge in [0.25, 0.3) is 11.9 Å². The molecule has 0 bridgehead atoms. The molecule has 1 amide bonds. The molecule has 0 saturated carbocycles. The van der Waals surface area contributed by atoms with Crippen LogP contribution in [0.15, 0.2) is 35.5 Å². The van der Waals surface area contributed by atoms with Crippen molar-refractivity contribution >= 4 is 29.2 Å². The van der Waals surface area contributed by atoms with Crippen LogP contribution in [0.1, 0.15) is 46.9 Å². The van der Waals surface area contributed by atoms with Crippen LogP contribution in [0.2, 0.25) is 5.02 Å². The summed E-state index contributed by atoms with van der Waals surface area (Å²) >= 11 is 5.92. The van der Waals surface area contributed by atoms with Gasteiger partial charge in [-0.25, -0.2) is 9.98 Å². The molecule has 142 valence electrons. The predicted molar refractivity (Wildman–Crippen MR) is 107 cm³/mol. The van der Waals surface area contributed by atoms with E-state index in [1.54, 1.807) is 13.0 Å². The molecule has 0 radical (unpaired) electrons. The first-order valence-electron chi connectivity index (χ1n) is 8.87. The van der Waals surface area contributed by atoms with Crippen LogP contribution in [-0.4, -0.2) is 23.5 Å². The summed E-state index contributed by atoms with van der Waals surface area (Å²) in [5, 5.41) is 3.42. The van der Waals surface area contributed by atoms with E-state index < -0.39 is 5.54 Å². The maximum atomic E-state index is 12.6. The third-order valence-corrected chi connectivity index (χ3v) is 5.14. The van der Waals surface area contributed by atoms with Gasteiger partial charge in [0.1, 0.15) is 5.69 Å². The minimum atomic E-state index is -0.443. The molecule has 1 aliphatic heterocycles. The highest BCUT2D eigenvalue weighted by molar-refractivity contribution is 6.30. The number of amides is 1. The molecule has 3 N–H and O–H groups in total. The van der Waals surface area contributed by atoms with E-state index >= 15 is 0 Å². The van der Waals surface area contributed by atoms with Crippen molar-refractivity contribution in [2.24, 2.45) is 10.7 Å². The molecule has 0 fully saturated rings. The number of pyridine rings is 1. The van der Waals surface area contributed by atoms with Gasteiger partial charge in [-0.05, 0) is 55.2 Å². The quantitative estimate of drug-likeness (QED) is 0.832. The molecule has 1 atom stereocenters. The zero-order valence-corrected chi connectivity index (χ0v) is 16.4. The number of nitrogens with two attached hydrogens (primary N) is 1. The minimum Gasteiger partial charge on any atom is -0.465 e. The lowest BCUT2D eigenvalue weighted by Crippen LogP contribution is -2.35. The summed E-state index contributed by atoms with van der Waals surface area (Å²) in [5.74, 6) is -0.278. The van der Waals surface area contributed by atoms with Crippen LogP contribution in [0, 0.1) is 13.8 Å². The number of aromatic nitrogens is 1. The number of amidine groups is 1. The predicted octanol–water partition coefficient (Wildman–Crippen LogP) is 3.94. The molecule has 1 aliphatic rings. The van der Waals surface area contributed by atoms with Crippen LogP contribution in [0.4, 0.5) is 5.69 Å². The van der Waals surface area contributed by atoms with Gasteiger partial charge < -0.3 is 15.8 Å². The van der Waals surface area contributed by atoms with E-state index in [4.69, 9.17) is 22.1 Å². The average Bonchev–Trinajstić information content (AvgIpc) is 2.63. The summed E-state index contributed by atoms with van der Waals surface area (Å²) in [7, 11) is 0. The molecule has 2 aromatic rings. The zero-order chi connectivity index (χ0) is 19.6. The summed E-state index contributed by atoms with van der Waals surface area (Å²) < 4.78 is 5.31. The smallest absolute Gasteiger partial charge is 0.282 e. The number of ether oxygens (including phenoxy) is 1. The second-order valence-electron chi connectivity index (χ2n) is 6.74. The van der Waals surface area contributed by atoms with Gasteiger partial charge in [0.2, 0.25) is 0 Å². The number of rotatable bonds is 4. The lowest BCUT2D eigenvalue weighted by atomic mass is 9.82. The van der Waals surface area contributed by atoms with Gasteiger partial charge in [-0.2, -0.15) is 0 Å². The van der Waals surface area contributed by atoms with Gasteiger partial charge in [0.15, 0.2) is 0 Å². The zero-order valence-electron chi connectivity index (χ0n) is 15.7. The number of nitrogens with zero attached hydrogens (tertiary/aromatic N) is 2. The Morgan fingerprint density at radius 2 is 2.11 bits per heavy atom. The Hall–Kier alpha value is -2.60. The minimum absolute atomic E-state index is 0.206.